The summed E-state index contributed by atoms with van der Waals surface area (Å²) in [6.07, 6.45) is 1.20. The zero-order valence-electron chi connectivity index (χ0n) is 10.5. The van der Waals surface area contributed by atoms with Gasteiger partial charge in [0.1, 0.15) is 0 Å². The highest BCUT2D eigenvalue weighted by Crippen LogP contribution is 2.10. The Morgan fingerprint density at radius 3 is 2.57 bits per heavy atom. The minimum absolute atomic E-state index is 0.132. The molecule has 0 saturated heterocycles. The lowest BCUT2D eigenvalue weighted by molar-refractivity contribution is -0.386. The topological polar surface area (TPSA) is 82.2 Å². The molecule has 1 heterocycles. The Labute approximate surface area is 116 Å². The Hall–Kier alpha value is -2.90. The normalized spacial score (nSPS) is 10.4. The molecule has 21 heavy (non-hydrogen) atoms. The van der Waals surface area contributed by atoms with Crippen LogP contribution >= 0.6 is 0 Å². The molecular weight excluding hydrogens is 286 g/mol. The van der Waals surface area contributed by atoms with E-state index in [-0.39, 0.29) is 5.56 Å². The zero-order valence-corrected chi connectivity index (χ0v) is 10.5. The van der Waals surface area contributed by atoms with Crippen molar-refractivity contribution in [2.45, 2.75) is 6.54 Å². The highest BCUT2D eigenvalue weighted by Gasteiger charge is 2.16. The van der Waals surface area contributed by atoms with Gasteiger partial charge >= 0.3 is 11.2 Å². The van der Waals surface area contributed by atoms with Crippen LogP contribution in [0.1, 0.15) is 10.4 Å². The lowest BCUT2D eigenvalue weighted by atomic mass is 10.1. The third-order valence-corrected chi connectivity index (χ3v) is 2.75. The van der Waals surface area contributed by atoms with Crippen LogP contribution in [0, 0.1) is 21.7 Å². The highest BCUT2D eigenvalue weighted by molar-refractivity contribution is 5.95. The summed E-state index contributed by atoms with van der Waals surface area (Å²) in [5, 5.41) is 10.6. The molecule has 0 fully saturated rings. The minimum atomic E-state index is -1.19. The second-order valence-corrected chi connectivity index (χ2v) is 4.14. The monoisotopic (exact) mass is 294 g/mol. The summed E-state index contributed by atoms with van der Waals surface area (Å²) in [6, 6.07) is 4.83. The van der Waals surface area contributed by atoms with E-state index >= 15 is 0 Å². The number of Topliss-reactive ketones (excluding diaryl/α,β-unsaturated/α-hetero) is 1. The number of nitro groups is 1. The first kappa shape index (κ1) is 14.5. The van der Waals surface area contributed by atoms with Gasteiger partial charge in [0.05, 0.1) is 11.5 Å². The molecule has 0 spiro atoms. The molecule has 0 aliphatic heterocycles. The molecule has 0 saturated carbocycles. The molecule has 2 aromatic rings. The van der Waals surface area contributed by atoms with Crippen molar-refractivity contribution in [2.24, 2.45) is 0 Å². The number of aromatic nitrogens is 1. The van der Waals surface area contributed by atoms with Crippen molar-refractivity contribution >= 4 is 11.5 Å². The van der Waals surface area contributed by atoms with Gasteiger partial charge in [0.25, 0.3) is 0 Å². The molecule has 1 aromatic heterocycles. The fraction of sp³-hybridized carbons (Fsp3) is 0.0769. The summed E-state index contributed by atoms with van der Waals surface area (Å²) in [4.78, 5) is 33.4. The number of hydrogen-bond acceptors (Lipinski definition) is 4. The van der Waals surface area contributed by atoms with Gasteiger partial charge in [0.15, 0.2) is 17.4 Å². The standard InChI is InChI=1S/C13H8F2N2O4/c14-9-4-3-8(6-10(9)15)12(18)7-16-5-1-2-11(13(16)19)17(20)21/h1-6H,7H2. The van der Waals surface area contributed by atoms with E-state index in [0.717, 1.165) is 22.8 Å². The minimum Gasteiger partial charge on any atom is -0.302 e. The van der Waals surface area contributed by atoms with Gasteiger partial charge in [-0.15, -0.1) is 0 Å². The zero-order chi connectivity index (χ0) is 15.6. The van der Waals surface area contributed by atoms with Crippen LogP contribution < -0.4 is 5.56 Å². The van der Waals surface area contributed by atoms with E-state index in [9.17, 15) is 28.5 Å². The third-order valence-electron chi connectivity index (χ3n) is 2.75. The van der Waals surface area contributed by atoms with Gasteiger partial charge in [-0.25, -0.2) is 8.78 Å². The Balaban J connectivity index is 2.32. The molecule has 0 aliphatic carbocycles. The van der Waals surface area contributed by atoms with Crippen LogP contribution in [-0.4, -0.2) is 15.3 Å². The number of benzene rings is 1. The smallest absolute Gasteiger partial charge is 0.302 e. The number of hydrogen-bond donors (Lipinski definition) is 0. The third kappa shape index (κ3) is 2.99. The average Bonchev–Trinajstić information content (AvgIpc) is 2.43. The van der Waals surface area contributed by atoms with Crippen molar-refractivity contribution in [3.8, 4) is 0 Å². The van der Waals surface area contributed by atoms with Crippen molar-refractivity contribution in [3.63, 3.8) is 0 Å². The van der Waals surface area contributed by atoms with Gasteiger partial charge in [0, 0.05) is 17.8 Å². The average molecular weight is 294 g/mol. The van der Waals surface area contributed by atoms with Crippen LogP contribution in [-0.2, 0) is 6.54 Å². The van der Waals surface area contributed by atoms with Gasteiger partial charge in [-0.2, -0.15) is 0 Å². The second-order valence-electron chi connectivity index (χ2n) is 4.14. The molecule has 6 nitrogen and oxygen atoms in total. The predicted octanol–water partition coefficient (Wildman–Crippen LogP) is 1.92. The van der Waals surface area contributed by atoms with E-state index < -0.39 is 40.1 Å². The number of carbonyl (C=O) groups is 1. The maximum atomic E-state index is 13.0. The molecule has 0 aliphatic rings. The predicted molar refractivity (Wildman–Crippen MR) is 68.0 cm³/mol. The highest BCUT2D eigenvalue weighted by atomic mass is 19.2. The van der Waals surface area contributed by atoms with E-state index in [4.69, 9.17) is 0 Å². The molecule has 0 N–H and O–H groups in total. The van der Waals surface area contributed by atoms with E-state index in [1.807, 2.05) is 0 Å². The number of halogens is 2. The van der Waals surface area contributed by atoms with Crippen molar-refractivity contribution in [1.29, 1.82) is 0 Å². The van der Waals surface area contributed by atoms with Gasteiger partial charge in [-0.1, -0.05) is 0 Å². The van der Waals surface area contributed by atoms with E-state index in [1.54, 1.807) is 0 Å². The van der Waals surface area contributed by atoms with Crippen LogP contribution in [0.25, 0.3) is 0 Å². The molecular formula is C13H8F2N2O4. The van der Waals surface area contributed by atoms with Crippen molar-refractivity contribution in [2.75, 3.05) is 0 Å². The van der Waals surface area contributed by atoms with Crippen molar-refractivity contribution in [1.82, 2.24) is 4.57 Å². The molecule has 0 bridgehead atoms. The van der Waals surface area contributed by atoms with Gasteiger partial charge in [0.2, 0.25) is 0 Å². The Kier molecular flexibility index (Phi) is 3.88. The van der Waals surface area contributed by atoms with Gasteiger partial charge in [-0.3, -0.25) is 19.7 Å². The molecule has 2 rings (SSSR count). The number of carbonyl (C=O) groups excluding carboxylic acids is 1. The molecule has 0 unspecified atom stereocenters. The van der Waals surface area contributed by atoms with E-state index in [1.165, 1.54) is 12.3 Å². The second kappa shape index (κ2) is 5.61. The first-order valence-corrected chi connectivity index (χ1v) is 5.72. The number of ketones is 1. The Morgan fingerprint density at radius 1 is 1.24 bits per heavy atom. The molecule has 8 heteroatoms. The molecule has 0 radical (unpaired) electrons. The summed E-state index contributed by atoms with van der Waals surface area (Å²) in [7, 11) is 0. The maximum absolute atomic E-state index is 13.0. The quantitative estimate of drug-likeness (QED) is 0.490. The van der Waals surface area contributed by atoms with E-state index in [0.29, 0.717) is 6.07 Å². The van der Waals surface area contributed by atoms with E-state index in [2.05, 4.69) is 0 Å². The SMILES string of the molecule is O=C(Cn1cccc([N+](=O)[O-])c1=O)c1ccc(F)c(F)c1. The fourth-order valence-electron chi connectivity index (χ4n) is 1.70. The summed E-state index contributed by atoms with van der Waals surface area (Å²) in [5.74, 6) is -2.96. The molecule has 1 aromatic carbocycles. The number of rotatable bonds is 4. The number of nitrogens with zero attached hydrogens (tertiary/aromatic N) is 2. The Bertz CT molecular complexity index is 786. The summed E-state index contributed by atoms with van der Waals surface area (Å²) >= 11 is 0. The summed E-state index contributed by atoms with van der Waals surface area (Å²) in [5.41, 5.74) is -1.75. The van der Waals surface area contributed by atoms with Crippen molar-refractivity contribution < 1.29 is 18.5 Å². The van der Waals surface area contributed by atoms with Gasteiger partial charge in [-0.05, 0) is 24.3 Å². The number of pyridine rings is 1. The summed E-state index contributed by atoms with van der Waals surface area (Å²) < 4.78 is 26.7. The fourth-order valence-corrected chi connectivity index (χ4v) is 1.70. The molecule has 108 valence electrons. The van der Waals surface area contributed by atoms with Gasteiger partial charge < -0.3 is 4.57 Å². The van der Waals surface area contributed by atoms with Crippen molar-refractivity contribution in [3.05, 3.63) is 74.2 Å². The largest absolute Gasteiger partial charge is 0.334 e. The summed E-state index contributed by atoms with van der Waals surface area (Å²) in [6.45, 7) is -0.508. The lowest BCUT2D eigenvalue weighted by Gasteiger charge is -2.05. The van der Waals surface area contributed by atoms with Crippen LogP contribution in [0.2, 0.25) is 0 Å². The maximum Gasteiger partial charge on any atom is 0.334 e. The van der Waals surface area contributed by atoms with Crippen LogP contribution in [0.15, 0.2) is 41.3 Å². The van der Waals surface area contributed by atoms with Crippen LogP contribution in [0.3, 0.4) is 0 Å². The van der Waals surface area contributed by atoms with Crippen LogP contribution in [0.4, 0.5) is 14.5 Å². The first-order chi connectivity index (χ1) is 9.90. The molecule has 0 atom stereocenters. The molecule has 0 amide bonds. The first-order valence-electron chi connectivity index (χ1n) is 5.72. The van der Waals surface area contributed by atoms with Crippen LogP contribution in [0.5, 0.6) is 0 Å². The lowest BCUT2D eigenvalue weighted by Crippen LogP contribution is -2.25. The Morgan fingerprint density at radius 2 is 1.95 bits per heavy atom.